The van der Waals surface area contributed by atoms with E-state index in [0.717, 1.165) is 0 Å². The lowest BCUT2D eigenvalue weighted by atomic mass is 9.98. The van der Waals surface area contributed by atoms with Gasteiger partial charge < -0.3 is 9.84 Å². The van der Waals surface area contributed by atoms with Crippen molar-refractivity contribution in [1.29, 1.82) is 0 Å². The minimum Gasteiger partial charge on any atom is -0.507 e. The SMILES string of the molecule is COc1ccc(C(=O)CC(=O)c2cc(C(C)=O)ccc2O)cc1. The van der Waals surface area contributed by atoms with E-state index in [0.29, 0.717) is 16.9 Å². The molecule has 0 saturated heterocycles. The van der Waals surface area contributed by atoms with E-state index in [1.165, 1.54) is 32.2 Å². The Hall–Kier alpha value is -2.95. The monoisotopic (exact) mass is 312 g/mol. The van der Waals surface area contributed by atoms with Crippen molar-refractivity contribution in [3.63, 3.8) is 0 Å². The summed E-state index contributed by atoms with van der Waals surface area (Å²) in [6.07, 6.45) is -0.388. The van der Waals surface area contributed by atoms with Crippen LogP contribution in [-0.2, 0) is 0 Å². The van der Waals surface area contributed by atoms with Crippen LogP contribution in [0.1, 0.15) is 44.4 Å². The molecule has 0 saturated carbocycles. The summed E-state index contributed by atoms with van der Waals surface area (Å²) in [4.78, 5) is 35.7. The Morgan fingerprint density at radius 1 is 0.957 bits per heavy atom. The van der Waals surface area contributed by atoms with Crippen LogP contribution >= 0.6 is 0 Å². The second-order valence-corrected chi connectivity index (χ2v) is 5.04. The third-order valence-electron chi connectivity index (χ3n) is 3.44. The molecule has 2 aromatic carbocycles. The second-order valence-electron chi connectivity index (χ2n) is 5.04. The molecule has 5 heteroatoms. The average molecular weight is 312 g/mol. The molecule has 0 bridgehead atoms. The highest BCUT2D eigenvalue weighted by atomic mass is 16.5. The van der Waals surface area contributed by atoms with Gasteiger partial charge in [-0.2, -0.15) is 0 Å². The molecule has 0 unspecified atom stereocenters. The zero-order valence-corrected chi connectivity index (χ0v) is 12.8. The normalized spacial score (nSPS) is 10.2. The molecule has 0 radical (unpaired) electrons. The molecule has 0 spiro atoms. The van der Waals surface area contributed by atoms with Crippen LogP contribution in [0.25, 0.3) is 0 Å². The highest BCUT2D eigenvalue weighted by Gasteiger charge is 2.18. The first-order valence-electron chi connectivity index (χ1n) is 6.96. The lowest BCUT2D eigenvalue weighted by molar-refractivity contribution is 0.0892. The number of carbonyl (C=O) groups excluding carboxylic acids is 3. The van der Waals surface area contributed by atoms with Gasteiger partial charge in [0.2, 0.25) is 0 Å². The summed E-state index contributed by atoms with van der Waals surface area (Å²) in [5, 5.41) is 9.78. The van der Waals surface area contributed by atoms with E-state index < -0.39 is 5.78 Å². The number of rotatable bonds is 6. The predicted octanol–water partition coefficient (Wildman–Crippen LogP) is 3.06. The van der Waals surface area contributed by atoms with E-state index in [4.69, 9.17) is 4.74 Å². The molecule has 5 nitrogen and oxygen atoms in total. The summed E-state index contributed by atoms with van der Waals surface area (Å²) in [6, 6.07) is 10.4. The Balaban J connectivity index is 2.19. The predicted molar refractivity (Wildman–Crippen MR) is 84.4 cm³/mol. The first-order chi connectivity index (χ1) is 10.9. The molecular formula is C18H16O5. The van der Waals surface area contributed by atoms with Gasteiger partial charge in [0.1, 0.15) is 11.5 Å². The van der Waals surface area contributed by atoms with Crippen molar-refractivity contribution in [2.24, 2.45) is 0 Å². The number of aromatic hydroxyl groups is 1. The number of phenols is 1. The fraction of sp³-hybridized carbons (Fsp3) is 0.167. The largest absolute Gasteiger partial charge is 0.507 e. The summed E-state index contributed by atoms with van der Waals surface area (Å²) in [5.41, 5.74) is 0.656. The van der Waals surface area contributed by atoms with Crippen LogP contribution in [0, 0.1) is 0 Å². The van der Waals surface area contributed by atoms with E-state index in [2.05, 4.69) is 0 Å². The van der Waals surface area contributed by atoms with Gasteiger partial charge in [-0.05, 0) is 49.4 Å². The molecule has 23 heavy (non-hydrogen) atoms. The molecule has 2 rings (SSSR count). The Morgan fingerprint density at radius 2 is 1.57 bits per heavy atom. The summed E-state index contributed by atoms with van der Waals surface area (Å²) >= 11 is 0. The Morgan fingerprint density at radius 3 is 2.13 bits per heavy atom. The molecule has 1 N–H and O–H groups in total. The molecule has 0 atom stereocenters. The van der Waals surface area contributed by atoms with Crippen LogP contribution in [0.5, 0.6) is 11.5 Å². The van der Waals surface area contributed by atoms with Gasteiger partial charge in [0.05, 0.1) is 19.1 Å². The van der Waals surface area contributed by atoms with Crippen LogP contribution < -0.4 is 4.74 Å². The topological polar surface area (TPSA) is 80.7 Å². The molecule has 0 aromatic heterocycles. The molecule has 2 aromatic rings. The van der Waals surface area contributed by atoms with Gasteiger partial charge in [-0.15, -0.1) is 0 Å². The first-order valence-corrected chi connectivity index (χ1v) is 6.96. The minimum atomic E-state index is -0.536. The molecule has 0 aliphatic carbocycles. The Kier molecular flexibility index (Phi) is 4.91. The fourth-order valence-corrected chi connectivity index (χ4v) is 2.10. The summed E-state index contributed by atoms with van der Waals surface area (Å²) < 4.78 is 5.01. The standard InChI is InChI=1S/C18H16O5/c1-11(19)13-5-8-16(20)15(9-13)18(22)10-17(21)12-3-6-14(23-2)7-4-12/h3-9,20H,10H2,1-2H3. The fourth-order valence-electron chi connectivity index (χ4n) is 2.10. The number of hydrogen-bond donors (Lipinski definition) is 1. The van der Waals surface area contributed by atoms with Crippen LogP contribution in [0.2, 0.25) is 0 Å². The molecule has 118 valence electrons. The summed E-state index contributed by atoms with van der Waals surface area (Å²) in [5.74, 6) is -0.764. The number of Topliss-reactive ketones (excluding diaryl/α,β-unsaturated/α-hetero) is 3. The molecular weight excluding hydrogens is 296 g/mol. The lowest BCUT2D eigenvalue weighted by Crippen LogP contribution is -2.09. The zero-order valence-electron chi connectivity index (χ0n) is 12.8. The van der Waals surface area contributed by atoms with Gasteiger partial charge in [-0.25, -0.2) is 0 Å². The van der Waals surface area contributed by atoms with Gasteiger partial charge in [0.15, 0.2) is 17.3 Å². The highest BCUT2D eigenvalue weighted by molar-refractivity contribution is 6.15. The van der Waals surface area contributed by atoms with Gasteiger partial charge >= 0.3 is 0 Å². The number of hydrogen-bond acceptors (Lipinski definition) is 5. The molecule has 0 amide bonds. The lowest BCUT2D eigenvalue weighted by Gasteiger charge is -2.06. The Labute approximate surface area is 133 Å². The van der Waals surface area contributed by atoms with Crippen LogP contribution in [-0.4, -0.2) is 29.6 Å². The number of ether oxygens (including phenoxy) is 1. The van der Waals surface area contributed by atoms with E-state index >= 15 is 0 Å². The van der Waals surface area contributed by atoms with Gasteiger partial charge in [0.25, 0.3) is 0 Å². The van der Waals surface area contributed by atoms with E-state index in [1.807, 2.05) is 0 Å². The highest BCUT2D eigenvalue weighted by Crippen LogP contribution is 2.22. The molecule has 0 aliphatic rings. The summed E-state index contributed by atoms with van der Waals surface area (Å²) in [6.45, 7) is 1.36. The number of phenolic OH excluding ortho intramolecular Hbond substituents is 1. The maximum Gasteiger partial charge on any atom is 0.174 e. The van der Waals surface area contributed by atoms with E-state index in [1.54, 1.807) is 24.3 Å². The van der Waals surface area contributed by atoms with Crippen LogP contribution in [0.15, 0.2) is 42.5 Å². The molecule has 0 heterocycles. The number of methoxy groups -OCH3 is 1. The molecule has 0 fully saturated rings. The number of ketones is 3. The van der Waals surface area contributed by atoms with Gasteiger partial charge in [-0.3, -0.25) is 14.4 Å². The van der Waals surface area contributed by atoms with Crippen molar-refractivity contribution in [3.8, 4) is 11.5 Å². The average Bonchev–Trinajstić information content (AvgIpc) is 2.54. The molecule has 0 aliphatic heterocycles. The number of carbonyl (C=O) groups is 3. The third kappa shape index (κ3) is 3.83. The smallest absolute Gasteiger partial charge is 0.174 e. The van der Waals surface area contributed by atoms with Crippen molar-refractivity contribution in [2.45, 2.75) is 13.3 Å². The maximum atomic E-state index is 12.2. The zero-order chi connectivity index (χ0) is 17.0. The van der Waals surface area contributed by atoms with Crippen LogP contribution in [0.4, 0.5) is 0 Å². The third-order valence-corrected chi connectivity index (χ3v) is 3.44. The van der Waals surface area contributed by atoms with Crippen LogP contribution in [0.3, 0.4) is 0 Å². The Bertz CT molecular complexity index is 759. The second kappa shape index (κ2) is 6.87. The minimum absolute atomic E-state index is 0.0282. The quantitative estimate of drug-likeness (QED) is 0.655. The number of benzene rings is 2. The summed E-state index contributed by atoms with van der Waals surface area (Å²) in [7, 11) is 1.52. The first kappa shape index (κ1) is 16.4. The van der Waals surface area contributed by atoms with Gasteiger partial charge in [0, 0.05) is 11.1 Å². The van der Waals surface area contributed by atoms with E-state index in [9.17, 15) is 19.5 Å². The van der Waals surface area contributed by atoms with Gasteiger partial charge in [-0.1, -0.05) is 0 Å². The van der Waals surface area contributed by atoms with E-state index in [-0.39, 0.29) is 29.3 Å². The van der Waals surface area contributed by atoms with Crippen molar-refractivity contribution in [3.05, 3.63) is 59.2 Å². The van der Waals surface area contributed by atoms with Crippen molar-refractivity contribution in [1.82, 2.24) is 0 Å². The maximum absolute atomic E-state index is 12.2. The van der Waals surface area contributed by atoms with Crippen molar-refractivity contribution >= 4 is 17.3 Å². The van der Waals surface area contributed by atoms with Crippen molar-refractivity contribution in [2.75, 3.05) is 7.11 Å². The van der Waals surface area contributed by atoms with Crippen molar-refractivity contribution < 1.29 is 24.2 Å².